The van der Waals surface area contributed by atoms with Gasteiger partial charge in [0.2, 0.25) is 0 Å². The Kier molecular flexibility index (Phi) is 2.70. The molecular formula is C11H12O3. The molecule has 14 heavy (non-hydrogen) atoms. The van der Waals surface area contributed by atoms with Gasteiger partial charge in [0.05, 0.1) is 19.8 Å². The highest BCUT2D eigenvalue weighted by molar-refractivity contribution is 5.29. The van der Waals surface area contributed by atoms with Crippen molar-refractivity contribution in [1.82, 2.24) is 0 Å². The third kappa shape index (κ3) is 1.89. The quantitative estimate of drug-likeness (QED) is 0.715. The van der Waals surface area contributed by atoms with Crippen LogP contribution in [-0.2, 0) is 9.47 Å². The van der Waals surface area contributed by atoms with Crippen molar-refractivity contribution in [3.63, 3.8) is 0 Å². The first-order chi connectivity index (χ1) is 6.79. The second-order valence-electron chi connectivity index (χ2n) is 3.12. The van der Waals surface area contributed by atoms with Crippen LogP contribution < -0.4 is 4.74 Å². The molecule has 3 nitrogen and oxygen atoms in total. The molecule has 0 aromatic heterocycles. The van der Waals surface area contributed by atoms with Gasteiger partial charge < -0.3 is 14.2 Å². The van der Waals surface area contributed by atoms with Crippen molar-refractivity contribution < 1.29 is 14.2 Å². The van der Waals surface area contributed by atoms with Gasteiger partial charge in [-0.3, -0.25) is 0 Å². The Bertz CT molecular complexity index is 311. The standard InChI is InChI=1S/C11H12O3/c1-8-7-13-11(14-8)9-4-3-5-10(6-9)12-2/h1,3-6,8,11H,7H2,2H3. The molecule has 2 unspecified atom stereocenters. The third-order valence-corrected chi connectivity index (χ3v) is 2.08. The summed E-state index contributed by atoms with van der Waals surface area (Å²) >= 11 is 0. The Morgan fingerprint density at radius 2 is 2.36 bits per heavy atom. The first-order valence-corrected chi connectivity index (χ1v) is 4.46. The predicted octanol–water partition coefficient (Wildman–Crippen LogP) is 1.82. The second-order valence-corrected chi connectivity index (χ2v) is 3.12. The maximum Gasteiger partial charge on any atom is 0.184 e. The molecule has 74 valence electrons. The molecule has 1 aromatic carbocycles. The number of benzene rings is 1. The van der Waals surface area contributed by atoms with Gasteiger partial charge in [0.15, 0.2) is 6.29 Å². The Morgan fingerprint density at radius 3 is 3.00 bits per heavy atom. The molecule has 0 aliphatic carbocycles. The molecule has 1 aromatic rings. The van der Waals surface area contributed by atoms with Crippen LogP contribution in [0, 0.1) is 6.92 Å². The van der Waals surface area contributed by atoms with Crippen LogP contribution in [0.3, 0.4) is 0 Å². The fraction of sp³-hybridized carbons (Fsp3) is 0.364. The van der Waals surface area contributed by atoms with Crippen LogP contribution in [0.25, 0.3) is 0 Å². The largest absolute Gasteiger partial charge is 0.497 e. The molecule has 2 atom stereocenters. The lowest BCUT2D eigenvalue weighted by Crippen LogP contribution is -2.03. The van der Waals surface area contributed by atoms with E-state index in [1.54, 1.807) is 7.11 Å². The summed E-state index contributed by atoms with van der Waals surface area (Å²) in [7, 11) is 1.63. The van der Waals surface area contributed by atoms with E-state index < -0.39 is 0 Å². The molecule has 0 bridgehead atoms. The van der Waals surface area contributed by atoms with Gasteiger partial charge in [0.1, 0.15) is 5.75 Å². The van der Waals surface area contributed by atoms with Gasteiger partial charge in [-0.2, -0.15) is 0 Å². The zero-order valence-electron chi connectivity index (χ0n) is 7.97. The van der Waals surface area contributed by atoms with E-state index in [1.807, 2.05) is 24.3 Å². The van der Waals surface area contributed by atoms with Gasteiger partial charge in [-0.1, -0.05) is 12.1 Å². The minimum atomic E-state index is -0.361. The number of hydrogen-bond acceptors (Lipinski definition) is 3. The van der Waals surface area contributed by atoms with Gasteiger partial charge in [0.25, 0.3) is 0 Å². The zero-order chi connectivity index (χ0) is 9.97. The van der Waals surface area contributed by atoms with Gasteiger partial charge >= 0.3 is 0 Å². The molecule has 0 amide bonds. The van der Waals surface area contributed by atoms with Crippen LogP contribution in [0.4, 0.5) is 0 Å². The predicted molar refractivity (Wildman–Crippen MR) is 50.9 cm³/mol. The summed E-state index contributed by atoms with van der Waals surface area (Å²) in [5, 5.41) is 0. The number of methoxy groups -OCH3 is 1. The molecule has 2 radical (unpaired) electrons. The second kappa shape index (κ2) is 3.98. The van der Waals surface area contributed by atoms with Crippen LogP contribution in [-0.4, -0.2) is 19.8 Å². The SMILES string of the molecule is [CH]C1COC(c2cccc(OC)c2)O1. The van der Waals surface area contributed by atoms with Crippen LogP contribution in [0.5, 0.6) is 5.75 Å². The third-order valence-electron chi connectivity index (χ3n) is 2.08. The zero-order valence-corrected chi connectivity index (χ0v) is 7.97. The summed E-state index contributed by atoms with van der Waals surface area (Å²) in [4.78, 5) is 0. The maximum atomic E-state index is 5.55. The highest BCUT2D eigenvalue weighted by Crippen LogP contribution is 2.28. The van der Waals surface area contributed by atoms with E-state index in [-0.39, 0.29) is 12.4 Å². The number of hydrogen-bond donors (Lipinski definition) is 0. The molecule has 0 saturated carbocycles. The van der Waals surface area contributed by atoms with Crippen molar-refractivity contribution in [1.29, 1.82) is 0 Å². The van der Waals surface area contributed by atoms with Crippen molar-refractivity contribution in [2.45, 2.75) is 12.4 Å². The monoisotopic (exact) mass is 192 g/mol. The minimum absolute atomic E-state index is 0.328. The number of ether oxygens (including phenoxy) is 3. The first-order valence-electron chi connectivity index (χ1n) is 4.46. The van der Waals surface area contributed by atoms with Gasteiger partial charge in [0, 0.05) is 5.56 Å². The van der Waals surface area contributed by atoms with E-state index in [1.165, 1.54) is 0 Å². The Balaban J connectivity index is 2.15. The highest BCUT2D eigenvalue weighted by Gasteiger charge is 2.24. The summed E-state index contributed by atoms with van der Waals surface area (Å²) in [5.41, 5.74) is 0.928. The lowest BCUT2D eigenvalue weighted by atomic mass is 10.2. The lowest BCUT2D eigenvalue weighted by Gasteiger charge is -2.10. The summed E-state index contributed by atoms with van der Waals surface area (Å²) in [6.07, 6.45) is -0.689. The van der Waals surface area contributed by atoms with Gasteiger partial charge in [-0.15, -0.1) is 0 Å². The average Bonchev–Trinajstić information content (AvgIpc) is 2.65. The summed E-state index contributed by atoms with van der Waals surface area (Å²) in [6.45, 7) is 5.99. The van der Waals surface area contributed by atoms with Crippen molar-refractivity contribution in [3.8, 4) is 5.75 Å². The van der Waals surface area contributed by atoms with Crippen LogP contribution >= 0.6 is 0 Å². The van der Waals surface area contributed by atoms with Crippen LogP contribution in [0.1, 0.15) is 11.9 Å². The lowest BCUT2D eigenvalue weighted by molar-refractivity contribution is -0.0538. The molecule has 0 spiro atoms. The van der Waals surface area contributed by atoms with E-state index in [2.05, 4.69) is 0 Å². The molecule has 1 aliphatic rings. The van der Waals surface area contributed by atoms with Gasteiger partial charge in [-0.25, -0.2) is 0 Å². The molecule has 1 heterocycles. The van der Waals surface area contributed by atoms with E-state index in [9.17, 15) is 0 Å². The molecular weight excluding hydrogens is 180 g/mol. The Hall–Kier alpha value is -1.06. The normalized spacial score (nSPS) is 26.4. The Labute approximate surface area is 83.6 Å². The van der Waals surface area contributed by atoms with Crippen molar-refractivity contribution in [2.75, 3.05) is 13.7 Å². The smallest absolute Gasteiger partial charge is 0.184 e. The maximum absolute atomic E-state index is 5.55. The number of rotatable bonds is 2. The van der Waals surface area contributed by atoms with E-state index in [4.69, 9.17) is 21.1 Å². The molecule has 1 aliphatic heterocycles. The topological polar surface area (TPSA) is 27.7 Å². The van der Waals surface area contributed by atoms with Crippen LogP contribution in [0.2, 0.25) is 0 Å². The average molecular weight is 192 g/mol. The van der Waals surface area contributed by atoms with Gasteiger partial charge in [-0.05, 0) is 19.1 Å². The molecule has 0 N–H and O–H groups in total. The van der Waals surface area contributed by atoms with Crippen LogP contribution in [0.15, 0.2) is 24.3 Å². The minimum Gasteiger partial charge on any atom is -0.497 e. The molecule has 2 rings (SSSR count). The summed E-state index contributed by atoms with van der Waals surface area (Å²) < 4.78 is 15.8. The van der Waals surface area contributed by atoms with E-state index >= 15 is 0 Å². The van der Waals surface area contributed by atoms with Crippen molar-refractivity contribution in [2.24, 2.45) is 0 Å². The first kappa shape index (κ1) is 9.49. The highest BCUT2D eigenvalue weighted by atomic mass is 16.7. The molecule has 1 fully saturated rings. The fourth-order valence-corrected chi connectivity index (χ4v) is 1.38. The fourth-order valence-electron chi connectivity index (χ4n) is 1.38. The van der Waals surface area contributed by atoms with Crippen molar-refractivity contribution in [3.05, 3.63) is 36.8 Å². The van der Waals surface area contributed by atoms with E-state index in [0.29, 0.717) is 6.61 Å². The van der Waals surface area contributed by atoms with Crippen molar-refractivity contribution >= 4 is 0 Å². The summed E-state index contributed by atoms with van der Waals surface area (Å²) in [5.74, 6) is 0.787. The Morgan fingerprint density at radius 1 is 1.50 bits per heavy atom. The summed E-state index contributed by atoms with van der Waals surface area (Å²) in [6, 6.07) is 7.57. The van der Waals surface area contributed by atoms with E-state index in [0.717, 1.165) is 11.3 Å². The molecule has 1 saturated heterocycles. The molecule has 3 heteroatoms.